The first-order valence-corrected chi connectivity index (χ1v) is 13.6. The SMILES string of the molecule is CCCCCCN1C(=O)c2cc(Br)c3c4c(cc(Br)c(c24)C1=O)C(=O)N(CCCCCC)C3=O. The molecule has 2 aliphatic rings. The maximum atomic E-state index is 13.4. The molecule has 4 rings (SSSR count). The standard InChI is InChI=1S/C26H28Br2N2O4/c1-3-5-7-9-11-29-23(31)15-13-18(28)22-20-16(14-17(27)21(19(15)20)25(29)33)24(32)30(26(22)34)12-10-8-6-4-2/h13-14H,3-12H2,1-2H3. The topological polar surface area (TPSA) is 74.8 Å². The summed E-state index contributed by atoms with van der Waals surface area (Å²) in [5.74, 6) is -1.54. The van der Waals surface area contributed by atoms with Crippen molar-refractivity contribution in [1.29, 1.82) is 0 Å². The lowest BCUT2D eigenvalue weighted by molar-refractivity contribution is 0.0585. The molecule has 0 atom stereocenters. The molecule has 2 aromatic carbocycles. The van der Waals surface area contributed by atoms with Gasteiger partial charge in [-0.1, -0.05) is 52.4 Å². The lowest BCUT2D eigenvalue weighted by Crippen LogP contribution is -2.44. The Morgan fingerprint density at radius 3 is 1.32 bits per heavy atom. The second-order valence-corrected chi connectivity index (χ2v) is 10.7. The van der Waals surface area contributed by atoms with E-state index in [1.54, 1.807) is 12.1 Å². The predicted molar refractivity (Wildman–Crippen MR) is 138 cm³/mol. The van der Waals surface area contributed by atoms with Crippen molar-refractivity contribution in [2.45, 2.75) is 65.2 Å². The maximum absolute atomic E-state index is 13.4. The van der Waals surface area contributed by atoms with Gasteiger partial charge in [-0.05, 0) is 56.8 Å². The first-order valence-electron chi connectivity index (χ1n) is 12.0. The number of benzene rings is 2. The summed E-state index contributed by atoms with van der Waals surface area (Å²) < 4.78 is 0.934. The number of halogens is 2. The van der Waals surface area contributed by atoms with Gasteiger partial charge in [0.25, 0.3) is 23.6 Å². The Bertz CT molecular complexity index is 1110. The molecule has 0 aromatic heterocycles. The number of imide groups is 2. The molecule has 2 aromatic rings. The van der Waals surface area contributed by atoms with E-state index in [-0.39, 0.29) is 23.6 Å². The molecule has 0 spiro atoms. The van der Waals surface area contributed by atoms with Crippen LogP contribution in [-0.4, -0.2) is 46.5 Å². The van der Waals surface area contributed by atoms with Crippen LogP contribution in [0.5, 0.6) is 0 Å². The number of unbranched alkanes of at least 4 members (excludes halogenated alkanes) is 6. The fourth-order valence-corrected chi connectivity index (χ4v) is 6.06. The number of rotatable bonds is 10. The van der Waals surface area contributed by atoms with E-state index < -0.39 is 0 Å². The van der Waals surface area contributed by atoms with Crippen molar-refractivity contribution in [2.24, 2.45) is 0 Å². The quantitative estimate of drug-likeness (QED) is 0.227. The third-order valence-electron chi connectivity index (χ3n) is 6.65. The Kier molecular flexibility index (Phi) is 7.57. The summed E-state index contributed by atoms with van der Waals surface area (Å²) in [6, 6.07) is 3.27. The highest BCUT2D eigenvalue weighted by molar-refractivity contribution is 9.10. The molecule has 0 bridgehead atoms. The molecular formula is C26H28Br2N2O4. The van der Waals surface area contributed by atoms with Gasteiger partial charge in [0.2, 0.25) is 0 Å². The third-order valence-corrected chi connectivity index (χ3v) is 7.90. The minimum Gasteiger partial charge on any atom is -0.274 e. The number of hydrogen-bond donors (Lipinski definition) is 0. The summed E-state index contributed by atoms with van der Waals surface area (Å²) in [6.07, 6.45) is 7.57. The smallest absolute Gasteiger partial charge is 0.262 e. The molecule has 0 aliphatic carbocycles. The number of carbonyl (C=O) groups excluding carboxylic acids is 4. The van der Waals surface area contributed by atoms with Crippen LogP contribution in [0, 0.1) is 0 Å². The lowest BCUT2D eigenvalue weighted by atomic mass is 9.85. The molecule has 34 heavy (non-hydrogen) atoms. The van der Waals surface area contributed by atoms with E-state index in [4.69, 9.17) is 0 Å². The minimum atomic E-state index is -0.386. The van der Waals surface area contributed by atoms with E-state index in [0.29, 0.717) is 55.1 Å². The normalized spacial score (nSPS) is 15.2. The fourth-order valence-electron chi connectivity index (χ4n) is 4.87. The molecule has 0 saturated carbocycles. The van der Waals surface area contributed by atoms with Crippen LogP contribution in [0.3, 0.4) is 0 Å². The molecule has 4 amide bonds. The third kappa shape index (κ3) is 4.13. The van der Waals surface area contributed by atoms with Crippen LogP contribution in [0.1, 0.15) is 107 Å². The Morgan fingerprint density at radius 1 is 0.588 bits per heavy atom. The van der Waals surface area contributed by atoms with Crippen molar-refractivity contribution in [2.75, 3.05) is 13.1 Å². The Balaban J connectivity index is 1.81. The van der Waals surface area contributed by atoms with Gasteiger partial charge in [-0.3, -0.25) is 29.0 Å². The van der Waals surface area contributed by atoms with E-state index in [2.05, 4.69) is 45.7 Å². The molecule has 0 fully saturated rings. The highest BCUT2D eigenvalue weighted by Gasteiger charge is 2.41. The molecule has 180 valence electrons. The summed E-state index contributed by atoms with van der Waals surface area (Å²) >= 11 is 6.99. The van der Waals surface area contributed by atoms with Gasteiger partial charge in [-0.15, -0.1) is 0 Å². The van der Waals surface area contributed by atoms with Crippen molar-refractivity contribution in [1.82, 2.24) is 9.80 Å². The zero-order valence-corrected chi connectivity index (χ0v) is 22.7. The van der Waals surface area contributed by atoms with E-state index in [1.165, 1.54) is 9.80 Å². The number of carbonyl (C=O) groups is 4. The monoisotopic (exact) mass is 590 g/mol. The predicted octanol–water partition coefficient (Wildman–Crippen LogP) is 6.72. The van der Waals surface area contributed by atoms with Crippen LogP contribution in [0.2, 0.25) is 0 Å². The van der Waals surface area contributed by atoms with Crippen LogP contribution in [0.25, 0.3) is 10.8 Å². The van der Waals surface area contributed by atoms with Crippen LogP contribution < -0.4 is 0 Å². The van der Waals surface area contributed by atoms with Crippen molar-refractivity contribution in [3.05, 3.63) is 43.3 Å². The zero-order valence-electron chi connectivity index (χ0n) is 19.5. The van der Waals surface area contributed by atoms with Crippen LogP contribution in [0.15, 0.2) is 21.1 Å². The average Bonchev–Trinajstić information content (AvgIpc) is 2.80. The summed E-state index contributed by atoms with van der Waals surface area (Å²) in [4.78, 5) is 56.2. The Morgan fingerprint density at radius 2 is 0.971 bits per heavy atom. The lowest BCUT2D eigenvalue weighted by Gasteiger charge is -2.33. The van der Waals surface area contributed by atoms with E-state index in [0.717, 1.165) is 51.4 Å². The van der Waals surface area contributed by atoms with Gasteiger partial charge in [0.1, 0.15) is 0 Å². The van der Waals surface area contributed by atoms with Gasteiger partial charge in [0.15, 0.2) is 0 Å². The fraction of sp³-hybridized carbons (Fsp3) is 0.462. The van der Waals surface area contributed by atoms with Gasteiger partial charge >= 0.3 is 0 Å². The summed E-state index contributed by atoms with van der Waals surface area (Å²) in [7, 11) is 0. The largest absolute Gasteiger partial charge is 0.274 e. The first kappa shape index (κ1) is 25.0. The molecule has 0 N–H and O–H groups in total. The molecule has 6 nitrogen and oxygen atoms in total. The van der Waals surface area contributed by atoms with Gasteiger partial charge in [-0.2, -0.15) is 0 Å². The first-order chi connectivity index (χ1) is 16.3. The molecule has 2 heterocycles. The Hall–Kier alpha value is -2.06. The number of hydrogen-bond acceptors (Lipinski definition) is 4. The number of amides is 4. The highest BCUT2D eigenvalue weighted by Crippen LogP contribution is 2.44. The summed E-state index contributed by atoms with van der Waals surface area (Å²) in [6.45, 7) is 4.90. The van der Waals surface area contributed by atoms with Gasteiger partial charge < -0.3 is 0 Å². The van der Waals surface area contributed by atoms with Gasteiger partial charge in [-0.25, -0.2) is 0 Å². The van der Waals surface area contributed by atoms with Crippen molar-refractivity contribution < 1.29 is 19.2 Å². The summed E-state index contributed by atoms with van der Waals surface area (Å²) in [5.41, 5.74) is 1.37. The second-order valence-electron chi connectivity index (χ2n) is 8.96. The maximum Gasteiger partial charge on any atom is 0.262 e. The molecule has 0 unspecified atom stereocenters. The van der Waals surface area contributed by atoms with E-state index in [1.807, 2.05) is 0 Å². The van der Waals surface area contributed by atoms with Gasteiger partial charge in [0.05, 0.1) is 11.1 Å². The second kappa shape index (κ2) is 10.3. The molecule has 0 radical (unpaired) electrons. The Labute approximate surface area is 216 Å². The average molecular weight is 592 g/mol. The minimum absolute atomic E-state index is 0.342. The van der Waals surface area contributed by atoms with Gasteiger partial charge in [0, 0.05) is 43.9 Å². The van der Waals surface area contributed by atoms with Crippen LogP contribution >= 0.6 is 31.9 Å². The van der Waals surface area contributed by atoms with Crippen LogP contribution in [0.4, 0.5) is 0 Å². The summed E-state index contributed by atoms with van der Waals surface area (Å²) in [5, 5.41) is 0.796. The van der Waals surface area contributed by atoms with E-state index in [9.17, 15) is 19.2 Å². The highest BCUT2D eigenvalue weighted by atomic mass is 79.9. The van der Waals surface area contributed by atoms with Crippen molar-refractivity contribution in [3.63, 3.8) is 0 Å². The molecule has 8 heteroatoms. The molecular weight excluding hydrogens is 564 g/mol. The number of nitrogens with zero attached hydrogens (tertiary/aromatic N) is 2. The zero-order chi connectivity index (χ0) is 24.6. The molecule has 0 saturated heterocycles. The van der Waals surface area contributed by atoms with E-state index >= 15 is 0 Å². The molecule has 2 aliphatic heterocycles. The van der Waals surface area contributed by atoms with Crippen LogP contribution in [-0.2, 0) is 0 Å². The van der Waals surface area contributed by atoms with Crippen molar-refractivity contribution in [3.8, 4) is 0 Å². The van der Waals surface area contributed by atoms with Crippen molar-refractivity contribution >= 4 is 66.3 Å².